The fourth-order valence-electron chi connectivity index (χ4n) is 2.78. The molecule has 0 bridgehead atoms. The SMILES string of the molecule is CN=C(NCCOc1cc(C)cc(C)c1)NCc1ccc(C(=O)N(C)C)cc1. The zero-order valence-electron chi connectivity index (χ0n) is 17.4. The molecule has 1 amide bonds. The number of rotatable bonds is 7. The minimum atomic E-state index is 0.000731. The number of amides is 1. The molecule has 0 saturated carbocycles. The summed E-state index contributed by atoms with van der Waals surface area (Å²) in [6, 6.07) is 13.8. The van der Waals surface area contributed by atoms with Crippen molar-refractivity contribution >= 4 is 11.9 Å². The first-order valence-corrected chi connectivity index (χ1v) is 9.35. The van der Waals surface area contributed by atoms with Crippen LogP contribution in [0.1, 0.15) is 27.0 Å². The molecule has 0 radical (unpaired) electrons. The molecule has 0 heterocycles. The number of nitrogens with zero attached hydrogens (tertiary/aromatic N) is 2. The van der Waals surface area contributed by atoms with E-state index < -0.39 is 0 Å². The Kier molecular flexibility index (Phi) is 7.87. The Hall–Kier alpha value is -3.02. The molecule has 0 unspecified atom stereocenters. The standard InChI is InChI=1S/C22H30N4O2/c1-16-12-17(2)14-20(13-16)28-11-10-24-22(23-3)25-15-18-6-8-19(9-7-18)21(27)26(4)5/h6-9,12-14H,10-11,15H2,1-5H3,(H2,23,24,25). The summed E-state index contributed by atoms with van der Waals surface area (Å²) in [6.45, 7) is 5.93. The smallest absolute Gasteiger partial charge is 0.253 e. The van der Waals surface area contributed by atoms with Gasteiger partial charge in [-0.3, -0.25) is 9.79 Å². The van der Waals surface area contributed by atoms with Gasteiger partial charge >= 0.3 is 0 Å². The second-order valence-corrected chi connectivity index (χ2v) is 6.92. The van der Waals surface area contributed by atoms with Crippen molar-refractivity contribution < 1.29 is 9.53 Å². The maximum atomic E-state index is 11.9. The van der Waals surface area contributed by atoms with E-state index in [4.69, 9.17) is 4.74 Å². The van der Waals surface area contributed by atoms with Gasteiger partial charge < -0.3 is 20.3 Å². The van der Waals surface area contributed by atoms with Crippen molar-refractivity contribution in [1.29, 1.82) is 0 Å². The molecular weight excluding hydrogens is 352 g/mol. The molecule has 2 N–H and O–H groups in total. The first kappa shape index (κ1) is 21.3. The Morgan fingerprint density at radius 1 is 1.04 bits per heavy atom. The minimum absolute atomic E-state index is 0.000731. The van der Waals surface area contributed by atoms with Crippen molar-refractivity contribution in [2.75, 3.05) is 34.3 Å². The molecule has 0 atom stereocenters. The van der Waals surface area contributed by atoms with Gasteiger partial charge in [-0.2, -0.15) is 0 Å². The lowest BCUT2D eigenvalue weighted by Gasteiger charge is -2.14. The molecule has 2 aromatic rings. The van der Waals surface area contributed by atoms with Crippen LogP contribution in [0.5, 0.6) is 5.75 Å². The Bertz CT molecular complexity index is 794. The predicted octanol–water partition coefficient (Wildman–Crippen LogP) is 2.75. The highest BCUT2D eigenvalue weighted by Gasteiger charge is 2.07. The zero-order valence-corrected chi connectivity index (χ0v) is 17.4. The number of aryl methyl sites for hydroxylation is 2. The van der Waals surface area contributed by atoms with Gasteiger partial charge in [0.2, 0.25) is 0 Å². The van der Waals surface area contributed by atoms with Crippen LogP contribution < -0.4 is 15.4 Å². The van der Waals surface area contributed by atoms with E-state index in [1.54, 1.807) is 26.0 Å². The average Bonchev–Trinajstić information content (AvgIpc) is 2.66. The summed E-state index contributed by atoms with van der Waals surface area (Å²) in [6.07, 6.45) is 0. The van der Waals surface area contributed by atoms with Crippen LogP contribution in [0.25, 0.3) is 0 Å². The van der Waals surface area contributed by atoms with Crippen molar-refractivity contribution in [3.63, 3.8) is 0 Å². The van der Waals surface area contributed by atoms with Gasteiger partial charge in [0.25, 0.3) is 5.91 Å². The Labute approximate surface area is 167 Å². The molecule has 6 nitrogen and oxygen atoms in total. The summed E-state index contributed by atoms with van der Waals surface area (Å²) in [5.41, 5.74) is 4.14. The molecule has 0 fully saturated rings. The molecule has 6 heteroatoms. The molecule has 0 aliphatic carbocycles. The number of guanidine groups is 1. The van der Waals surface area contributed by atoms with Crippen molar-refractivity contribution in [3.8, 4) is 5.75 Å². The lowest BCUT2D eigenvalue weighted by molar-refractivity contribution is 0.0827. The third-order valence-electron chi connectivity index (χ3n) is 4.15. The number of carbonyl (C=O) groups excluding carboxylic acids is 1. The lowest BCUT2D eigenvalue weighted by Crippen LogP contribution is -2.38. The average molecular weight is 383 g/mol. The van der Waals surface area contributed by atoms with Gasteiger partial charge in [-0.05, 0) is 54.8 Å². The maximum absolute atomic E-state index is 11.9. The fourth-order valence-corrected chi connectivity index (χ4v) is 2.78. The van der Waals surface area contributed by atoms with Crippen LogP contribution in [0.15, 0.2) is 47.5 Å². The number of ether oxygens (including phenoxy) is 1. The zero-order chi connectivity index (χ0) is 20.5. The van der Waals surface area contributed by atoms with E-state index in [0.29, 0.717) is 31.2 Å². The molecule has 28 heavy (non-hydrogen) atoms. The highest BCUT2D eigenvalue weighted by Crippen LogP contribution is 2.15. The van der Waals surface area contributed by atoms with Gasteiger partial charge in [0.1, 0.15) is 12.4 Å². The number of hydrogen-bond donors (Lipinski definition) is 2. The number of hydrogen-bond acceptors (Lipinski definition) is 3. The van der Waals surface area contributed by atoms with E-state index in [1.165, 1.54) is 11.1 Å². The van der Waals surface area contributed by atoms with Gasteiger partial charge in [-0.25, -0.2) is 0 Å². The first-order chi connectivity index (χ1) is 13.4. The van der Waals surface area contributed by atoms with E-state index >= 15 is 0 Å². The van der Waals surface area contributed by atoms with E-state index in [2.05, 4.69) is 35.5 Å². The van der Waals surface area contributed by atoms with Crippen LogP contribution in [-0.2, 0) is 6.54 Å². The van der Waals surface area contributed by atoms with Crippen LogP contribution in [-0.4, -0.2) is 51.1 Å². The van der Waals surface area contributed by atoms with E-state index in [-0.39, 0.29) is 5.91 Å². The van der Waals surface area contributed by atoms with Gasteiger partial charge in [0.05, 0.1) is 6.54 Å². The highest BCUT2D eigenvalue weighted by molar-refractivity contribution is 5.93. The number of aliphatic imine (C=N–C) groups is 1. The Morgan fingerprint density at radius 3 is 2.25 bits per heavy atom. The predicted molar refractivity (Wildman–Crippen MR) is 114 cm³/mol. The Balaban J connectivity index is 1.76. The normalized spacial score (nSPS) is 11.1. The highest BCUT2D eigenvalue weighted by atomic mass is 16.5. The summed E-state index contributed by atoms with van der Waals surface area (Å²) in [5.74, 6) is 1.59. The summed E-state index contributed by atoms with van der Waals surface area (Å²) < 4.78 is 5.80. The van der Waals surface area contributed by atoms with Gasteiger partial charge in [-0.1, -0.05) is 18.2 Å². The van der Waals surface area contributed by atoms with Crippen LogP contribution in [0.4, 0.5) is 0 Å². The number of carbonyl (C=O) groups is 1. The molecule has 0 saturated heterocycles. The van der Waals surface area contributed by atoms with Crippen LogP contribution in [0.3, 0.4) is 0 Å². The summed E-state index contributed by atoms with van der Waals surface area (Å²) in [4.78, 5) is 17.7. The van der Waals surface area contributed by atoms with Crippen molar-refractivity contribution in [3.05, 3.63) is 64.7 Å². The van der Waals surface area contributed by atoms with Crippen molar-refractivity contribution in [2.24, 2.45) is 4.99 Å². The molecule has 0 aromatic heterocycles. The van der Waals surface area contributed by atoms with Crippen molar-refractivity contribution in [2.45, 2.75) is 20.4 Å². The molecule has 2 rings (SSSR count). The second kappa shape index (κ2) is 10.3. The van der Waals surface area contributed by atoms with Crippen LogP contribution in [0, 0.1) is 13.8 Å². The number of nitrogens with one attached hydrogen (secondary N) is 2. The second-order valence-electron chi connectivity index (χ2n) is 6.92. The first-order valence-electron chi connectivity index (χ1n) is 9.35. The van der Waals surface area contributed by atoms with Gasteiger partial charge in [0, 0.05) is 33.3 Å². The monoisotopic (exact) mass is 382 g/mol. The largest absolute Gasteiger partial charge is 0.492 e. The molecule has 0 aliphatic heterocycles. The third kappa shape index (κ3) is 6.61. The Morgan fingerprint density at radius 2 is 1.68 bits per heavy atom. The quantitative estimate of drug-likeness (QED) is 0.439. The number of benzene rings is 2. The molecule has 0 spiro atoms. The lowest BCUT2D eigenvalue weighted by atomic mass is 10.1. The van der Waals surface area contributed by atoms with E-state index in [0.717, 1.165) is 11.3 Å². The van der Waals surface area contributed by atoms with Crippen molar-refractivity contribution in [1.82, 2.24) is 15.5 Å². The molecular formula is C22H30N4O2. The minimum Gasteiger partial charge on any atom is -0.492 e. The fraction of sp³-hybridized carbons (Fsp3) is 0.364. The molecule has 150 valence electrons. The summed E-state index contributed by atoms with van der Waals surface area (Å²) in [7, 11) is 5.23. The third-order valence-corrected chi connectivity index (χ3v) is 4.15. The van der Waals surface area contributed by atoms with E-state index in [9.17, 15) is 4.79 Å². The molecule has 0 aliphatic rings. The summed E-state index contributed by atoms with van der Waals surface area (Å²) in [5, 5.41) is 6.50. The summed E-state index contributed by atoms with van der Waals surface area (Å²) >= 11 is 0. The van der Waals surface area contributed by atoms with E-state index in [1.807, 2.05) is 36.4 Å². The van der Waals surface area contributed by atoms with Crippen LogP contribution >= 0.6 is 0 Å². The van der Waals surface area contributed by atoms with Gasteiger partial charge in [0.15, 0.2) is 5.96 Å². The van der Waals surface area contributed by atoms with Gasteiger partial charge in [-0.15, -0.1) is 0 Å². The topological polar surface area (TPSA) is 66.0 Å². The maximum Gasteiger partial charge on any atom is 0.253 e. The molecule has 2 aromatic carbocycles. The van der Waals surface area contributed by atoms with Crippen LogP contribution in [0.2, 0.25) is 0 Å².